The van der Waals surface area contributed by atoms with E-state index in [0.717, 1.165) is 0 Å². The maximum absolute atomic E-state index is 2.65. The van der Waals surface area contributed by atoms with E-state index in [0.29, 0.717) is 0 Å². The molecule has 0 saturated heterocycles. The summed E-state index contributed by atoms with van der Waals surface area (Å²) in [6, 6.07) is 0. The van der Waals surface area contributed by atoms with Crippen LogP contribution in [-0.2, 0) is 20.9 Å². The van der Waals surface area contributed by atoms with Gasteiger partial charge in [0.15, 0.2) is 0 Å². The van der Waals surface area contributed by atoms with Crippen molar-refractivity contribution in [2.24, 2.45) is 0 Å². The molecule has 0 N–H and O–H groups in total. The van der Waals surface area contributed by atoms with Crippen molar-refractivity contribution >= 4 is 46.9 Å². The molecule has 0 fully saturated rings. The van der Waals surface area contributed by atoms with Gasteiger partial charge in [-0.1, -0.05) is 0 Å². The molecule has 2 aliphatic carbocycles. The van der Waals surface area contributed by atoms with E-state index in [2.05, 4.69) is 76.7 Å². The van der Waals surface area contributed by atoms with E-state index in [1.807, 2.05) is 17.0 Å². The second kappa shape index (κ2) is 9.32. The quantitative estimate of drug-likeness (QED) is 0.375. The van der Waals surface area contributed by atoms with Gasteiger partial charge in [0.1, 0.15) is 0 Å². The summed E-state index contributed by atoms with van der Waals surface area (Å²) in [7, 11) is -2.36. The van der Waals surface area contributed by atoms with Crippen LogP contribution in [0.4, 0.5) is 0 Å². The Hall–Kier alpha value is 1.07. The van der Waals surface area contributed by atoms with E-state index in [9.17, 15) is 0 Å². The SMILES string of the molecule is C[SiH](C)[Zr]([C]1=C([Si](C)(C)C)C=CC1)[C]1=C([Si](C)(C)C)C=CC1.Cl.Cl. The number of rotatable bonds is 5. The molecule has 0 bridgehead atoms. The van der Waals surface area contributed by atoms with Crippen molar-refractivity contribution in [2.45, 2.75) is 65.2 Å². The zero-order valence-electron chi connectivity index (χ0n) is 16.6. The minimum atomic E-state index is -1.59. The van der Waals surface area contributed by atoms with Crippen molar-refractivity contribution in [1.82, 2.24) is 0 Å². The topological polar surface area (TPSA) is 0 Å². The summed E-state index contributed by atoms with van der Waals surface area (Å²) in [6.45, 7) is 20.6. The molecule has 6 heteroatoms. The number of halogens is 2. The van der Waals surface area contributed by atoms with Gasteiger partial charge in [-0.2, -0.15) is 0 Å². The third kappa shape index (κ3) is 5.53. The maximum atomic E-state index is 2.65. The van der Waals surface area contributed by atoms with Crippen LogP contribution in [0.5, 0.6) is 0 Å². The molecule has 0 nitrogen and oxygen atoms in total. The first-order chi connectivity index (χ1) is 10.0. The van der Waals surface area contributed by atoms with E-state index in [4.69, 9.17) is 0 Å². The first-order valence-corrected chi connectivity index (χ1v) is 25.3. The Bertz CT molecular complexity index is 528. The van der Waals surface area contributed by atoms with Gasteiger partial charge >= 0.3 is 149 Å². The van der Waals surface area contributed by atoms with Crippen LogP contribution in [0.25, 0.3) is 0 Å². The molecule has 2 rings (SSSR count). The van der Waals surface area contributed by atoms with Gasteiger partial charge in [-0.25, -0.2) is 0 Å². The Morgan fingerprint density at radius 2 is 1.08 bits per heavy atom. The monoisotopic (exact) mass is 495 g/mol. The molecule has 0 saturated carbocycles. The van der Waals surface area contributed by atoms with Crippen molar-refractivity contribution in [2.75, 3.05) is 0 Å². The van der Waals surface area contributed by atoms with Gasteiger partial charge in [-0.3, -0.25) is 0 Å². The summed E-state index contributed by atoms with van der Waals surface area (Å²) in [6.07, 6.45) is 12.6. The first-order valence-electron chi connectivity index (χ1n) is 8.71. The van der Waals surface area contributed by atoms with E-state index in [1.165, 1.54) is 12.8 Å². The Morgan fingerprint density at radius 1 is 0.750 bits per heavy atom. The van der Waals surface area contributed by atoms with Crippen LogP contribution in [0.2, 0.25) is 52.4 Å². The molecule has 0 spiro atoms. The fourth-order valence-electron chi connectivity index (χ4n) is 3.80. The third-order valence-electron chi connectivity index (χ3n) is 4.71. The molecule has 0 aromatic heterocycles. The molecule has 0 aromatic rings. The van der Waals surface area contributed by atoms with Gasteiger partial charge in [-0.05, 0) is 0 Å². The average molecular weight is 498 g/mol. The molecular formula is C18H35Cl2Si3Zr. The van der Waals surface area contributed by atoms with E-state index in [1.54, 1.807) is 0 Å². The zero-order chi connectivity index (χ0) is 16.7. The molecule has 0 aromatic carbocycles. The third-order valence-corrected chi connectivity index (χ3v) is 29.4. The Kier molecular flexibility index (Phi) is 9.74. The van der Waals surface area contributed by atoms with E-state index < -0.39 is 43.0 Å². The smallest absolute Gasteiger partial charge is 0.147 e. The van der Waals surface area contributed by atoms with Crippen molar-refractivity contribution in [3.8, 4) is 0 Å². The molecule has 2 aliphatic rings. The largest absolute Gasteiger partial charge is 0.147 e. The number of hydrogen-bond acceptors (Lipinski definition) is 0. The fraction of sp³-hybridized carbons (Fsp3) is 0.556. The van der Waals surface area contributed by atoms with Crippen LogP contribution in [0.3, 0.4) is 0 Å². The summed E-state index contributed by atoms with van der Waals surface area (Å²) in [5, 5.41) is 3.69. The normalized spacial score (nSPS) is 17.5. The van der Waals surface area contributed by atoms with Crippen LogP contribution in [0, 0.1) is 0 Å². The van der Waals surface area contributed by atoms with Crippen molar-refractivity contribution in [3.05, 3.63) is 41.3 Å². The summed E-state index contributed by atoms with van der Waals surface area (Å²) in [5.41, 5.74) is 0. The first kappa shape index (κ1) is 25.1. The Balaban J connectivity index is 0.00000264. The Morgan fingerprint density at radius 3 is 1.33 bits per heavy atom. The van der Waals surface area contributed by atoms with Crippen molar-refractivity contribution in [3.63, 3.8) is 0 Å². The van der Waals surface area contributed by atoms with Gasteiger partial charge in [0, 0.05) is 0 Å². The van der Waals surface area contributed by atoms with E-state index in [-0.39, 0.29) is 24.8 Å². The van der Waals surface area contributed by atoms with Crippen molar-refractivity contribution in [1.29, 1.82) is 0 Å². The minimum absolute atomic E-state index is 0. The van der Waals surface area contributed by atoms with Gasteiger partial charge < -0.3 is 0 Å². The molecule has 137 valence electrons. The molecular weight excluding hydrogens is 463 g/mol. The van der Waals surface area contributed by atoms with Crippen LogP contribution >= 0.6 is 24.8 Å². The molecule has 0 aliphatic heterocycles. The van der Waals surface area contributed by atoms with E-state index >= 15 is 0 Å². The van der Waals surface area contributed by atoms with Gasteiger partial charge in [-0.15, -0.1) is 24.8 Å². The number of hydrogen-bond donors (Lipinski definition) is 0. The van der Waals surface area contributed by atoms with Crippen LogP contribution < -0.4 is 0 Å². The second-order valence-electron chi connectivity index (χ2n) is 9.07. The molecule has 0 radical (unpaired) electrons. The van der Waals surface area contributed by atoms with Crippen molar-refractivity contribution < 1.29 is 20.9 Å². The van der Waals surface area contributed by atoms with Crippen LogP contribution in [-0.4, -0.2) is 22.1 Å². The summed E-state index contributed by atoms with van der Waals surface area (Å²) in [5.74, 6) is -0.567. The van der Waals surface area contributed by atoms with Crippen LogP contribution in [0.1, 0.15) is 12.8 Å². The molecule has 0 unspecified atom stereocenters. The number of allylic oxidation sites excluding steroid dienone is 8. The molecule has 0 heterocycles. The second-order valence-corrected chi connectivity index (χ2v) is 38.4. The predicted octanol–water partition coefficient (Wildman–Crippen LogP) is 6.61. The zero-order valence-corrected chi connectivity index (χ0v) is 23.9. The summed E-state index contributed by atoms with van der Waals surface area (Å²) < 4.78 is 4.02. The standard InChI is InChI=1S/2C8H13Si.C2H7Si.2ClH.Zr/c2*1-9(2,3)8-6-4-5-7-8;1-3-2;;;/h2*4,6H,5H2,1-3H3;3H,1-2H3;2*1H;. The van der Waals surface area contributed by atoms with Gasteiger partial charge in [0.25, 0.3) is 0 Å². The van der Waals surface area contributed by atoms with Gasteiger partial charge in [0.05, 0.1) is 0 Å². The Labute approximate surface area is 173 Å². The summed E-state index contributed by atoms with van der Waals surface area (Å²) in [4.78, 5) is 0. The maximum Gasteiger partial charge on any atom is -0.147 e. The van der Waals surface area contributed by atoms with Gasteiger partial charge in [0.2, 0.25) is 0 Å². The molecule has 0 atom stereocenters. The average Bonchev–Trinajstić information content (AvgIpc) is 2.95. The summed E-state index contributed by atoms with van der Waals surface area (Å²) >= 11 is -1.59. The molecule has 24 heavy (non-hydrogen) atoms. The predicted molar refractivity (Wildman–Crippen MR) is 122 cm³/mol. The fourth-order valence-corrected chi connectivity index (χ4v) is 35.2. The van der Waals surface area contributed by atoms with Crippen LogP contribution in [0.15, 0.2) is 41.3 Å². The minimum Gasteiger partial charge on any atom is -0.147 e. The molecule has 0 amide bonds.